The normalized spacial score (nSPS) is 15.8. The summed E-state index contributed by atoms with van der Waals surface area (Å²) in [5.41, 5.74) is 1.78. The molecule has 1 saturated heterocycles. The zero-order chi connectivity index (χ0) is 18.9. The largest absolute Gasteiger partial charge is 0.368 e. The molecule has 2 aromatic carbocycles. The van der Waals surface area contributed by atoms with Crippen LogP contribution in [0.2, 0.25) is 0 Å². The highest BCUT2D eigenvalue weighted by Crippen LogP contribution is 2.30. The second-order valence-corrected chi connectivity index (χ2v) is 8.22. The highest BCUT2D eigenvalue weighted by atomic mass is 32.2. The SMILES string of the molecule is Cc1nc(-c2c[c]ccc2N2CCN(S(=O)(=O)c3ccccc3)CC2)no1. The minimum atomic E-state index is -3.47. The van der Waals surface area contributed by atoms with E-state index in [-0.39, 0.29) is 0 Å². The summed E-state index contributed by atoms with van der Waals surface area (Å²) < 4.78 is 32.2. The highest BCUT2D eigenvalue weighted by Gasteiger charge is 2.29. The summed E-state index contributed by atoms with van der Waals surface area (Å²) in [5.74, 6) is 1.01. The van der Waals surface area contributed by atoms with E-state index in [1.54, 1.807) is 31.2 Å². The van der Waals surface area contributed by atoms with Crippen LogP contribution in [0.5, 0.6) is 0 Å². The second kappa shape index (κ2) is 7.13. The van der Waals surface area contributed by atoms with Crippen LogP contribution >= 0.6 is 0 Å². The monoisotopic (exact) mass is 383 g/mol. The molecule has 1 fully saturated rings. The zero-order valence-corrected chi connectivity index (χ0v) is 15.7. The van der Waals surface area contributed by atoms with Crippen molar-refractivity contribution in [3.8, 4) is 11.4 Å². The number of piperazine rings is 1. The molecule has 1 radical (unpaired) electrons. The van der Waals surface area contributed by atoms with Crippen molar-refractivity contribution in [3.05, 3.63) is 60.5 Å². The van der Waals surface area contributed by atoms with Gasteiger partial charge in [0, 0.05) is 44.4 Å². The molecule has 0 atom stereocenters. The number of sulfonamides is 1. The lowest BCUT2D eigenvalue weighted by molar-refractivity contribution is 0.385. The van der Waals surface area contributed by atoms with Gasteiger partial charge in [-0.2, -0.15) is 9.29 Å². The van der Waals surface area contributed by atoms with Crippen LogP contribution < -0.4 is 4.90 Å². The summed E-state index contributed by atoms with van der Waals surface area (Å²) in [7, 11) is -3.47. The molecule has 3 aromatic rings. The lowest BCUT2D eigenvalue weighted by Gasteiger charge is -2.36. The summed E-state index contributed by atoms with van der Waals surface area (Å²) in [4.78, 5) is 6.77. The van der Waals surface area contributed by atoms with Gasteiger partial charge in [-0.15, -0.1) is 0 Å². The van der Waals surface area contributed by atoms with Gasteiger partial charge in [0.05, 0.1) is 4.90 Å². The molecule has 0 saturated carbocycles. The van der Waals surface area contributed by atoms with Crippen molar-refractivity contribution in [2.75, 3.05) is 31.1 Å². The first-order valence-corrected chi connectivity index (χ1v) is 10.1. The van der Waals surface area contributed by atoms with Gasteiger partial charge in [0.1, 0.15) is 0 Å². The van der Waals surface area contributed by atoms with Crippen LogP contribution in [-0.4, -0.2) is 49.0 Å². The summed E-state index contributed by atoms with van der Waals surface area (Å²) >= 11 is 0. The van der Waals surface area contributed by atoms with E-state index in [9.17, 15) is 8.42 Å². The average Bonchev–Trinajstić information content (AvgIpc) is 3.15. The molecule has 7 nitrogen and oxygen atoms in total. The molecule has 0 bridgehead atoms. The number of benzene rings is 2. The number of hydrogen-bond acceptors (Lipinski definition) is 6. The van der Waals surface area contributed by atoms with Gasteiger partial charge < -0.3 is 9.42 Å². The standard InChI is InChI=1S/C19H19N4O3S/c1-15-20-19(21-26-15)17-9-5-6-10-18(17)22-11-13-23(14-12-22)27(24,25)16-7-3-2-4-8-16/h2-4,6-10H,11-14H2,1H3. The predicted octanol–water partition coefficient (Wildman–Crippen LogP) is 2.36. The van der Waals surface area contributed by atoms with Crippen molar-refractivity contribution in [2.24, 2.45) is 0 Å². The van der Waals surface area contributed by atoms with E-state index in [1.807, 2.05) is 24.3 Å². The Balaban J connectivity index is 1.54. The molecule has 4 rings (SSSR count). The molecule has 1 aromatic heterocycles. The molecule has 139 valence electrons. The first kappa shape index (κ1) is 17.7. The molecular weight excluding hydrogens is 364 g/mol. The molecule has 1 aliphatic rings. The Morgan fingerprint density at radius 1 is 1.07 bits per heavy atom. The maximum atomic E-state index is 12.8. The average molecular weight is 383 g/mol. The van der Waals surface area contributed by atoms with Gasteiger partial charge in [0.15, 0.2) is 0 Å². The van der Waals surface area contributed by atoms with Crippen molar-refractivity contribution >= 4 is 15.7 Å². The maximum absolute atomic E-state index is 12.8. The quantitative estimate of drug-likeness (QED) is 0.688. The summed E-state index contributed by atoms with van der Waals surface area (Å²) in [6.45, 7) is 3.75. The van der Waals surface area contributed by atoms with Gasteiger partial charge in [-0.1, -0.05) is 29.4 Å². The third kappa shape index (κ3) is 3.45. The molecule has 0 N–H and O–H groups in total. The van der Waals surface area contributed by atoms with E-state index in [0.29, 0.717) is 42.8 Å². The van der Waals surface area contributed by atoms with E-state index in [0.717, 1.165) is 11.3 Å². The maximum Gasteiger partial charge on any atom is 0.243 e. The van der Waals surface area contributed by atoms with E-state index >= 15 is 0 Å². The predicted molar refractivity (Wildman–Crippen MR) is 101 cm³/mol. The Bertz CT molecular complexity index is 1030. The highest BCUT2D eigenvalue weighted by molar-refractivity contribution is 7.89. The molecule has 0 spiro atoms. The van der Waals surface area contributed by atoms with E-state index in [2.05, 4.69) is 21.1 Å². The van der Waals surface area contributed by atoms with Gasteiger partial charge in [-0.3, -0.25) is 0 Å². The van der Waals surface area contributed by atoms with Gasteiger partial charge in [0.2, 0.25) is 21.7 Å². The Morgan fingerprint density at radius 3 is 2.48 bits per heavy atom. The molecule has 2 heterocycles. The van der Waals surface area contributed by atoms with Crippen LogP contribution in [0.4, 0.5) is 5.69 Å². The lowest BCUT2D eigenvalue weighted by atomic mass is 10.1. The number of aryl methyl sites for hydroxylation is 1. The second-order valence-electron chi connectivity index (χ2n) is 6.28. The molecule has 1 aliphatic heterocycles. The van der Waals surface area contributed by atoms with Crippen LogP contribution in [0.25, 0.3) is 11.4 Å². The van der Waals surface area contributed by atoms with Crippen LogP contribution in [0.3, 0.4) is 0 Å². The molecule has 0 aliphatic carbocycles. The lowest BCUT2D eigenvalue weighted by Crippen LogP contribution is -2.48. The fourth-order valence-electron chi connectivity index (χ4n) is 3.20. The van der Waals surface area contributed by atoms with Crippen molar-refractivity contribution in [1.82, 2.24) is 14.4 Å². The van der Waals surface area contributed by atoms with Crippen molar-refractivity contribution in [2.45, 2.75) is 11.8 Å². The number of rotatable bonds is 4. The number of nitrogens with zero attached hydrogens (tertiary/aromatic N) is 4. The minimum absolute atomic E-state index is 0.329. The first-order chi connectivity index (χ1) is 13.1. The van der Waals surface area contributed by atoms with Crippen molar-refractivity contribution < 1.29 is 12.9 Å². The number of anilines is 1. The van der Waals surface area contributed by atoms with Crippen LogP contribution in [0, 0.1) is 13.0 Å². The Labute approximate surface area is 158 Å². The van der Waals surface area contributed by atoms with E-state index in [1.165, 1.54) is 4.31 Å². The van der Waals surface area contributed by atoms with E-state index < -0.39 is 10.0 Å². The van der Waals surface area contributed by atoms with Crippen LogP contribution in [0.1, 0.15) is 5.89 Å². The Morgan fingerprint density at radius 2 is 1.81 bits per heavy atom. The summed E-state index contributed by atoms with van der Waals surface area (Å²) in [6.07, 6.45) is 0. The summed E-state index contributed by atoms with van der Waals surface area (Å²) in [5, 5.41) is 4.00. The Kier molecular flexibility index (Phi) is 4.67. The minimum Gasteiger partial charge on any atom is -0.368 e. The summed E-state index contributed by atoms with van der Waals surface area (Å²) in [6, 6.07) is 17.2. The zero-order valence-electron chi connectivity index (χ0n) is 14.9. The Hall–Kier alpha value is -2.71. The molecule has 0 amide bonds. The van der Waals surface area contributed by atoms with Gasteiger partial charge >= 0.3 is 0 Å². The topological polar surface area (TPSA) is 79.5 Å². The molecule has 27 heavy (non-hydrogen) atoms. The third-order valence-electron chi connectivity index (χ3n) is 4.57. The molecular formula is C19H19N4O3S. The van der Waals surface area contributed by atoms with Gasteiger partial charge in [-0.25, -0.2) is 8.42 Å². The fourth-order valence-corrected chi connectivity index (χ4v) is 4.64. The van der Waals surface area contributed by atoms with Crippen LogP contribution in [-0.2, 0) is 10.0 Å². The van der Waals surface area contributed by atoms with Gasteiger partial charge in [0.25, 0.3) is 0 Å². The number of hydrogen-bond donors (Lipinski definition) is 0. The van der Waals surface area contributed by atoms with Crippen LogP contribution in [0.15, 0.2) is 57.9 Å². The molecule has 0 unspecified atom stereocenters. The fraction of sp³-hybridized carbons (Fsp3) is 0.263. The third-order valence-corrected chi connectivity index (χ3v) is 6.48. The smallest absolute Gasteiger partial charge is 0.243 e. The van der Waals surface area contributed by atoms with Crippen molar-refractivity contribution in [1.29, 1.82) is 0 Å². The van der Waals surface area contributed by atoms with Gasteiger partial charge in [-0.05, 0) is 30.3 Å². The first-order valence-electron chi connectivity index (χ1n) is 8.66. The number of aromatic nitrogens is 2. The van der Waals surface area contributed by atoms with E-state index in [4.69, 9.17) is 4.52 Å². The van der Waals surface area contributed by atoms with Crippen molar-refractivity contribution in [3.63, 3.8) is 0 Å². The molecule has 8 heteroatoms.